The number of halogens is 1. The van der Waals surface area contributed by atoms with Crippen molar-refractivity contribution in [3.63, 3.8) is 0 Å². The van der Waals surface area contributed by atoms with Crippen LogP contribution in [0.1, 0.15) is 31.9 Å². The fourth-order valence-corrected chi connectivity index (χ4v) is 1.61. The van der Waals surface area contributed by atoms with Gasteiger partial charge in [0.2, 0.25) is 0 Å². The van der Waals surface area contributed by atoms with E-state index in [1.807, 2.05) is 30.3 Å². The molecule has 0 fully saturated rings. The van der Waals surface area contributed by atoms with E-state index >= 15 is 0 Å². The molecule has 1 unspecified atom stereocenters. The molecule has 0 aliphatic heterocycles. The molecule has 2 aromatic rings. The van der Waals surface area contributed by atoms with Gasteiger partial charge in [0.05, 0.1) is 0 Å². The molecule has 1 atom stereocenters. The molecular formula is C13H14ClNO. The third-order valence-corrected chi connectivity index (χ3v) is 3.02. The first-order chi connectivity index (χ1) is 7.70. The maximum absolute atomic E-state index is 5.83. The van der Waals surface area contributed by atoms with Crippen molar-refractivity contribution in [2.75, 3.05) is 0 Å². The van der Waals surface area contributed by atoms with Crippen molar-refractivity contribution in [3.05, 3.63) is 41.1 Å². The summed E-state index contributed by atoms with van der Waals surface area (Å²) in [6.45, 7) is 4.27. The molecule has 1 aromatic carbocycles. The fraction of sp³-hybridized carbons (Fsp3) is 0.308. The molecular weight excluding hydrogens is 222 g/mol. The standard InChI is InChI=1S/C13H14ClNO/c1-3-9(2)13-8-12(15-16-13)10-4-6-11(14)7-5-10/h4-9H,3H2,1-2H3. The predicted octanol–water partition coefficient (Wildman–Crippen LogP) is 4.51. The van der Waals surface area contributed by atoms with E-state index in [-0.39, 0.29) is 0 Å². The highest BCUT2D eigenvalue weighted by Crippen LogP contribution is 2.25. The highest BCUT2D eigenvalue weighted by atomic mass is 35.5. The molecule has 0 radical (unpaired) electrons. The molecule has 0 amide bonds. The van der Waals surface area contributed by atoms with Gasteiger partial charge in [-0.25, -0.2) is 0 Å². The minimum absolute atomic E-state index is 0.411. The normalized spacial score (nSPS) is 12.7. The summed E-state index contributed by atoms with van der Waals surface area (Å²) in [7, 11) is 0. The molecule has 16 heavy (non-hydrogen) atoms. The lowest BCUT2D eigenvalue weighted by Crippen LogP contribution is -1.86. The molecule has 0 aliphatic carbocycles. The van der Waals surface area contributed by atoms with Crippen molar-refractivity contribution in [2.24, 2.45) is 0 Å². The topological polar surface area (TPSA) is 26.0 Å². The Balaban J connectivity index is 2.28. The van der Waals surface area contributed by atoms with Crippen LogP contribution in [0.4, 0.5) is 0 Å². The van der Waals surface area contributed by atoms with E-state index in [1.165, 1.54) is 0 Å². The Morgan fingerprint density at radius 2 is 2.00 bits per heavy atom. The SMILES string of the molecule is CCC(C)c1cc(-c2ccc(Cl)cc2)no1. The van der Waals surface area contributed by atoms with Crippen LogP contribution < -0.4 is 0 Å². The van der Waals surface area contributed by atoms with Gasteiger partial charge in [0.15, 0.2) is 0 Å². The van der Waals surface area contributed by atoms with E-state index in [9.17, 15) is 0 Å². The van der Waals surface area contributed by atoms with Gasteiger partial charge in [0.1, 0.15) is 11.5 Å². The number of hydrogen-bond donors (Lipinski definition) is 0. The van der Waals surface area contributed by atoms with Crippen molar-refractivity contribution in [3.8, 4) is 11.3 Å². The van der Waals surface area contributed by atoms with Crippen molar-refractivity contribution in [2.45, 2.75) is 26.2 Å². The quantitative estimate of drug-likeness (QED) is 0.783. The molecule has 0 saturated carbocycles. The van der Waals surface area contributed by atoms with Gasteiger partial charge in [-0.05, 0) is 18.6 Å². The average Bonchev–Trinajstić information content (AvgIpc) is 2.78. The van der Waals surface area contributed by atoms with E-state index < -0.39 is 0 Å². The van der Waals surface area contributed by atoms with Crippen LogP contribution in [-0.4, -0.2) is 5.16 Å². The Labute approximate surface area is 100 Å². The summed E-state index contributed by atoms with van der Waals surface area (Å²) < 4.78 is 5.32. The van der Waals surface area contributed by atoms with Crippen LogP contribution >= 0.6 is 11.6 Å². The summed E-state index contributed by atoms with van der Waals surface area (Å²) in [4.78, 5) is 0. The van der Waals surface area contributed by atoms with Gasteiger partial charge < -0.3 is 4.52 Å². The second-order valence-corrected chi connectivity index (χ2v) is 4.37. The summed E-state index contributed by atoms with van der Waals surface area (Å²) in [6.07, 6.45) is 1.05. The van der Waals surface area contributed by atoms with Gasteiger partial charge in [0.25, 0.3) is 0 Å². The van der Waals surface area contributed by atoms with Gasteiger partial charge in [-0.1, -0.05) is 42.7 Å². The molecule has 0 aliphatic rings. The lowest BCUT2D eigenvalue weighted by molar-refractivity contribution is 0.365. The lowest BCUT2D eigenvalue weighted by Gasteiger charge is -2.00. The summed E-state index contributed by atoms with van der Waals surface area (Å²) in [5, 5.41) is 4.80. The number of nitrogens with zero attached hydrogens (tertiary/aromatic N) is 1. The third-order valence-electron chi connectivity index (χ3n) is 2.77. The first-order valence-electron chi connectivity index (χ1n) is 5.43. The number of aromatic nitrogens is 1. The van der Waals surface area contributed by atoms with Crippen molar-refractivity contribution in [1.29, 1.82) is 0 Å². The molecule has 0 bridgehead atoms. The molecule has 0 N–H and O–H groups in total. The average molecular weight is 236 g/mol. The maximum Gasteiger partial charge on any atom is 0.140 e. The van der Waals surface area contributed by atoms with E-state index in [0.29, 0.717) is 5.92 Å². The molecule has 1 heterocycles. The van der Waals surface area contributed by atoms with Gasteiger partial charge in [0, 0.05) is 22.6 Å². The van der Waals surface area contributed by atoms with Crippen LogP contribution in [0.15, 0.2) is 34.9 Å². The fourth-order valence-electron chi connectivity index (χ4n) is 1.48. The smallest absolute Gasteiger partial charge is 0.140 e. The highest BCUT2D eigenvalue weighted by molar-refractivity contribution is 6.30. The molecule has 0 spiro atoms. The first-order valence-corrected chi connectivity index (χ1v) is 5.81. The van der Waals surface area contributed by atoms with Crippen molar-refractivity contribution < 1.29 is 4.52 Å². The third kappa shape index (κ3) is 2.27. The van der Waals surface area contributed by atoms with Crippen molar-refractivity contribution in [1.82, 2.24) is 5.16 Å². The molecule has 1 aromatic heterocycles. The summed E-state index contributed by atoms with van der Waals surface area (Å²) in [5.74, 6) is 1.35. The summed E-state index contributed by atoms with van der Waals surface area (Å²) >= 11 is 5.83. The Bertz CT molecular complexity index is 461. The van der Waals surface area contributed by atoms with Crippen LogP contribution in [0.3, 0.4) is 0 Å². The van der Waals surface area contributed by atoms with E-state index in [1.54, 1.807) is 0 Å². The molecule has 2 rings (SSSR count). The van der Waals surface area contributed by atoms with E-state index in [4.69, 9.17) is 16.1 Å². The zero-order valence-corrected chi connectivity index (χ0v) is 10.2. The van der Waals surface area contributed by atoms with Crippen LogP contribution in [-0.2, 0) is 0 Å². The van der Waals surface area contributed by atoms with Gasteiger partial charge in [-0.2, -0.15) is 0 Å². The molecule has 0 saturated heterocycles. The highest BCUT2D eigenvalue weighted by Gasteiger charge is 2.11. The Morgan fingerprint density at radius 3 is 2.62 bits per heavy atom. The Hall–Kier alpha value is -1.28. The zero-order chi connectivity index (χ0) is 11.5. The largest absolute Gasteiger partial charge is 0.361 e. The molecule has 2 nitrogen and oxygen atoms in total. The second kappa shape index (κ2) is 4.71. The lowest BCUT2D eigenvalue weighted by atomic mass is 10.0. The Morgan fingerprint density at radius 1 is 1.31 bits per heavy atom. The number of benzene rings is 1. The molecule has 3 heteroatoms. The molecule has 84 valence electrons. The first kappa shape index (κ1) is 11.2. The van der Waals surface area contributed by atoms with Crippen LogP contribution in [0.5, 0.6) is 0 Å². The predicted molar refractivity (Wildman–Crippen MR) is 65.7 cm³/mol. The number of rotatable bonds is 3. The Kier molecular flexibility index (Phi) is 3.30. The summed E-state index contributed by atoms with van der Waals surface area (Å²) in [6, 6.07) is 9.60. The van der Waals surface area contributed by atoms with Crippen LogP contribution in [0.25, 0.3) is 11.3 Å². The van der Waals surface area contributed by atoms with E-state index in [2.05, 4.69) is 19.0 Å². The maximum atomic E-state index is 5.83. The van der Waals surface area contributed by atoms with Crippen LogP contribution in [0.2, 0.25) is 5.02 Å². The minimum atomic E-state index is 0.411. The van der Waals surface area contributed by atoms with Gasteiger partial charge in [-0.3, -0.25) is 0 Å². The number of hydrogen-bond acceptors (Lipinski definition) is 2. The van der Waals surface area contributed by atoms with Crippen LogP contribution in [0, 0.1) is 0 Å². The zero-order valence-electron chi connectivity index (χ0n) is 9.40. The summed E-state index contributed by atoms with van der Waals surface area (Å²) in [5.41, 5.74) is 1.90. The van der Waals surface area contributed by atoms with Gasteiger partial charge >= 0.3 is 0 Å². The van der Waals surface area contributed by atoms with E-state index in [0.717, 1.165) is 28.5 Å². The minimum Gasteiger partial charge on any atom is -0.361 e. The second-order valence-electron chi connectivity index (χ2n) is 3.93. The monoisotopic (exact) mass is 235 g/mol. The van der Waals surface area contributed by atoms with Gasteiger partial charge in [-0.15, -0.1) is 0 Å². The van der Waals surface area contributed by atoms with Crippen molar-refractivity contribution >= 4 is 11.6 Å².